The quantitative estimate of drug-likeness (QED) is 0.885. The van der Waals surface area contributed by atoms with Gasteiger partial charge in [-0.3, -0.25) is 4.68 Å². The van der Waals surface area contributed by atoms with E-state index in [2.05, 4.69) is 41.8 Å². The highest BCUT2D eigenvalue weighted by Crippen LogP contribution is 2.26. The lowest BCUT2D eigenvalue weighted by Crippen LogP contribution is -2.06. The Morgan fingerprint density at radius 2 is 2.19 bits per heavy atom. The predicted octanol–water partition coefficient (Wildman–Crippen LogP) is 3.27. The lowest BCUT2D eigenvalue weighted by molar-refractivity contribution is 0.731. The maximum Gasteiger partial charge on any atom is 0.0828 e. The van der Waals surface area contributed by atoms with Crippen molar-refractivity contribution >= 4 is 17.0 Å². The highest BCUT2D eigenvalue weighted by Gasteiger charge is 2.13. The Bertz CT molecular complexity index is 471. The van der Waals surface area contributed by atoms with Crippen LogP contribution in [0.15, 0.2) is 17.5 Å². The first-order valence-corrected chi connectivity index (χ1v) is 6.27. The van der Waals surface area contributed by atoms with Crippen LogP contribution in [0.4, 0.5) is 5.69 Å². The Labute approximate surface area is 100 Å². The number of aryl methyl sites for hydroxylation is 2. The average molecular weight is 235 g/mol. The number of aromatic nitrogens is 2. The van der Waals surface area contributed by atoms with Gasteiger partial charge in [-0.15, -0.1) is 11.3 Å². The fourth-order valence-electron chi connectivity index (χ4n) is 1.81. The smallest absolute Gasteiger partial charge is 0.0828 e. The number of hydrogen-bond donors (Lipinski definition) is 1. The Kier molecular flexibility index (Phi) is 3.01. The van der Waals surface area contributed by atoms with E-state index in [-0.39, 0.29) is 0 Å². The minimum absolute atomic E-state index is 0.335. The van der Waals surface area contributed by atoms with Crippen LogP contribution in [0.3, 0.4) is 0 Å². The average Bonchev–Trinajstić information content (AvgIpc) is 2.83. The molecule has 0 aliphatic heterocycles. The monoisotopic (exact) mass is 235 g/mol. The number of hydrogen-bond acceptors (Lipinski definition) is 3. The third-order valence-corrected chi connectivity index (χ3v) is 3.89. The molecule has 0 radical (unpaired) electrons. The second-order valence-electron chi connectivity index (χ2n) is 4.05. The molecule has 2 rings (SSSR count). The summed E-state index contributed by atoms with van der Waals surface area (Å²) >= 11 is 1.78. The van der Waals surface area contributed by atoms with Crippen molar-refractivity contribution in [2.45, 2.75) is 26.8 Å². The van der Waals surface area contributed by atoms with Crippen LogP contribution in [-0.4, -0.2) is 9.78 Å². The van der Waals surface area contributed by atoms with E-state index >= 15 is 0 Å². The molecule has 0 saturated heterocycles. The summed E-state index contributed by atoms with van der Waals surface area (Å²) in [6.07, 6.45) is 0. The predicted molar refractivity (Wildman–Crippen MR) is 69.0 cm³/mol. The molecule has 1 atom stereocenters. The van der Waals surface area contributed by atoms with Crippen LogP contribution in [0, 0.1) is 13.8 Å². The van der Waals surface area contributed by atoms with Gasteiger partial charge in [0.25, 0.3) is 0 Å². The molecule has 0 spiro atoms. The Morgan fingerprint density at radius 3 is 2.69 bits per heavy atom. The maximum atomic E-state index is 4.40. The maximum absolute atomic E-state index is 4.40. The van der Waals surface area contributed by atoms with E-state index in [4.69, 9.17) is 0 Å². The van der Waals surface area contributed by atoms with E-state index in [0.717, 1.165) is 11.4 Å². The largest absolute Gasteiger partial charge is 0.375 e. The van der Waals surface area contributed by atoms with E-state index in [1.165, 1.54) is 10.6 Å². The second-order valence-corrected chi connectivity index (χ2v) is 5.03. The topological polar surface area (TPSA) is 29.9 Å². The van der Waals surface area contributed by atoms with Crippen LogP contribution in [0.5, 0.6) is 0 Å². The van der Waals surface area contributed by atoms with Gasteiger partial charge < -0.3 is 5.32 Å². The molecule has 2 heterocycles. The number of anilines is 1. The van der Waals surface area contributed by atoms with Crippen LogP contribution in [-0.2, 0) is 7.05 Å². The van der Waals surface area contributed by atoms with Gasteiger partial charge in [0, 0.05) is 11.9 Å². The first-order valence-electron chi connectivity index (χ1n) is 5.39. The highest BCUT2D eigenvalue weighted by molar-refractivity contribution is 7.10. The van der Waals surface area contributed by atoms with Crippen LogP contribution in [0.25, 0.3) is 0 Å². The zero-order valence-electron chi connectivity index (χ0n) is 10.1. The normalized spacial score (nSPS) is 12.8. The van der Waals surface area contributed by atoms with E-state index in [0.29, 0.717) is 6.04 Å². The first-order chi connectivity index (χ1) is 7.59. The molecule has 2 aromatic rings. The first kappa shape index (κ1) is 11.2. The molecule has 4 heteroatoms. The molecule has 3 nitrogen and oxygen atoms in total. The van der Waals surface area contributed by atoms with Gasteiger partial charge >= 0.3 is 0 Å². The fraction of sp³-hybridized carbons (Fsp3) is 0.417. The zero-order chi connectivity index (χ0) is 11.7. The molecular weight excluding hydrogens is 218 g/mol. The molecule has 1 N–H and O–H groups in total. The van der Waals surface area contributed by atoms with Crippen molar-refractivity contribution in [1.29, 1.82) is 0 Å². The molecular formula is C12H17N3S. The van der Waals surface area contributed by atoms with Gasteiger partial charge in [0.05, 0.1) is 23.1 Å². The summed E-state index contributed by atoms with van der Waals surface area (Å²) in [5.41, 5.74) is 3.40. The van der Waals surface area contributed by atoms with Crippen molar-refractivity contribution < 1.29 is 0 Å². The number of thiophene rings is 1. The van der Waals surface area contributed by atoms with Crippen LogP contribution in [0.2, 0.25) is 0 Å². The molecule has 16 heavy (non-hydrogen) atoms. The van der Waals surface area contributed by atoms with E-state index in [1.807, 2.05) is 18.7 Å². The van der Waals surface area contributed by atoms with Gasteiger partial charge in [0.15, 0.2) is 0 Å². The van der Waals surface area contributed by atoms with Crippen molar-refractivity contribution in [1.82, 2.24) is 9.78 Å². The number of rotatable bonds is 3. The molecule has 86 valence electrons. The van der Waals surface area contributed by atoms with Crippen LogP contribution >= 0.6 is 11.3 Å². The van der Waals surface area contributed by atoms with Crippen LogP contribution < -0.4 is 5.32 Å². The van der Waals surface area contributed by atoms with Crippen molar-refractivity contribution in [3.05, 3.63) is 33.8 Å². The molecule has 0 aromatic carbocycles. The lowest BCUT2D eigenvalue weighted by atomic mass is 10.2. The molecule has 0 aliphatic rings. The number of nitrogens with one attached hydrogen (secondary N) is 1. The summed E-state index contributed by atoms with van der Waals surface area (Å²) in [4.78, 5) is 1.35. The number of nitrogens with zero attached hydrogens (tertiary/aromatic N) is 2. The Morgan fingerprint density at radius 1 is 1.44 bits per heavy atom. The van der Waals surface area contributed by atoms with Gasteiger partial charge in [-0.1, -0.05) is 6.07 Å². The second kappa shape index (κ2) is 4.29. The highest BCUT2D eigenvalue weighted by atomic mass is 32.1. The van der Waals surface area contributed by atoms with Gasteiger partial charge in [-0.2, -0.15) is 5.10 Å². The third-order valence-electron chi connectivity index (χ3n) is 2.84. The molecule has 1 unspecified atom stereocenters. The summed E-state index contributed by atoms with van der Waals surface area (Å²) in [5, 5.41) is 10.0. The summed E-state index contributed by atoms with van der Waals surface area (Å²) < 4.78 is 1.92. The molecule has 2 aromatic heterocycles. The lowest BCUT2D eigenvalue weighted by Gasteiger charge is -2.13. The zero-order valence-corrected chi connectivity index (χ0v) is 10.9. The molecule has 0 amide bonds. The minimum Gasteiger partial charge on any atom is -0.375 e. The minimum atomic E-state index is 0.335. The third kappa shape index (κ3) is 1.97. The SMILES string of the molecule is Cc1nn(C)c(C)c1NC(C)c1cccs1. The van der Waals surface area contributed by atoms with Gasteiger partial charge in [0.2, 0.25) is 0 Å². The molecule has 0 fully saturated rings. The van der Waals surface area contributed by atoms with Crippen molar-refractivity contribution in [2.24, 2.45) is 7.05 Å². The van der Waals surface area contributed by atoms with Gasteiger partial charge in [-0.25, -0.2) is 0 Å². The standard InChI is InChI=1S/C12H17N3S/c1-8(11-6-5-7-16-11)13-12-9(2)14-15(4)10(12)3/h5-8,13H,1-4H3. The van der Waals surface area contributed by atoms with E-state index < -0.39 is 0 Å². The molecule has 0 bridgehead atoms. The summed E-state index contributed by atoms with van der Waals surface area (Å²) in [5.74, 6) is 0. The summed E-state index contributed by atoms with van der Waals surface area (Å²) in [6.45, 7) is 6.30. The van der Waals surface area contributed by atoms with E-state index in [9.17, 15) is 0 Å². The fourth-order valence-corrected chi connectivity index (χ4v) is 2.54. The summed E-state index contributed by atoms with van der Waals surface area (Å²) in [6, 6.07) is 4.58. The van der Waals surface area contributed by atoms with Gasteiger partial charge in [0.1, 0.15) is 0 Å². The van der Waals surface area contributed by atoms with Crippen molar-refractivity contribution in [3.8, 4) is 0 Å². The van der Waals surface area contributed by atoms with Crippen molar-refractivity contribution in [3.63, 3.8) is 0 Å². The Balaban J connectivity index is 2.21. The van der Waals surface area contributed by atoms with Crippen LogP contribution in [0.1, 0.15) is 29.2 Å². The summed E-state index contributed by atoms with van der Waals surface area (Å²) in [7, 11) is 1.98. The van der Waals surface area contributed by atoms with E-state index in [1.54, 1.807) is 11.3 Å². The van der Waals surface area contributed by atoms with Crippen molar-refractivity contribution in [2.75, 3.05) is 5.32 Å². The van der Waals surface area contributed by atoms with Gasteiger partial charge in [-0.05, 0) is 32.2 Å². The Hall–Kier alpha value is -1.29. The molecule has 0 saturated carbocycles. The molecule has 0 aliphatic carbocycles.